The van der Waals surface area contributed by atoms with Crippen LogP contribution in [0.1, 0.15) is 34.7 Å². The van der Waals surface area contributed by atoms with Crippen molar-refractivity contribution in [2.24, 2.45) is 0 Å². The first kappa shape index (κ1) is 25.5. The number of benzene rings is 3. The fraction of sp³-hybridized carbons (Fsp3) is 0.267. The molecule has 1 fully saturated rings. The van der Waals surface area contributed by atoms with Gasteiger partial charge in [-0.05, 0) is 72.0 Å². The summed E-state index contributed by atoms with van der Waals surface area (Å²) >= 11 is 0. The van der Waals surface area contributed by atoms with Crippen LogP contribution in [0.5, 0.6) is 11.5 Å². The van der Waals surface area contributed by atoms with Crippen LogP contribution in [-0.2, 0) is 27.4 Å². The Morgan fingerprint density at radius 2 is 1.84 bits per heavy atom. The van der Waals surface area contributed by atoms with Crippen LogP contribution < -0.4 is 9.47 Å². The van der Waals surface area contributed by atoms with Crippen LogP contribution in [0.4, 0.5) is 4.39 Å². The van der Waals surface area contributed by atoms with Gasteiger partial charge in [-0.2, -0.15) is 0 Å². The number of rotatable bonds is 8. The summed E-state index contributed by atoms with van der Waals surface area (Å²) in [5, 5.41) is 11.3. The van der Waals surface area contributed by atoms with E-state index in [9.17, 15) is 19.1 Å². The van der Waals surface area contributed by atoms with E-state index in [-0.39, 0.29) is 36.9 Å². The summed E-state index contributed by atoms with van der Waals surface area (Å²) in [5.74, 6) is -0.630. The van der Waals surface area contributed by atoms with E-state index < -0.39 is 17.7 Å². The third kappa shape index (κ3) is 5.13. The third-order valence-corrected chi connectivity index (χ3v) is 6.77. The van der Waals surface area contributed by atoms with Gasteiger partial charge in [-0.25, -0.2) is 4.39 Å². The van der Waals surface area contributed by atoms with E-state index in [4.69, 9.17) is 14.2 Å². The van der Waals surface area contributed by atoms with Crippen molar-refractivity contribution in [2.45, 2.75) is 25.5 Å². The number of Topliss-reactive ketones (excluding diaryl/α,β-unsaturated/α-hetero) is 1. The predicted octanol–water partition coefficient (Wildman–Crippen LogP) is 4.80. The number of amides is 1. The van der Waals surface area contributed by atoms with Crippen LogP contribution >= 0.6 is 0 Å². The second kappa shape index (κ2) is 11.1. The summed E-state index contributed by atoms with van der Waals surface area (Å²) in [5.41, 5.74) is 2.91. The van der Waals surface area contributed by atoms with Crippen LogP contribution in [0, 0.1) is 5.82 Å². The van der Waals surface area contributed by atoms with Gasteiger partial charge >= 0.3 is 0 Å². The molecule has 0 spiro atoms. The van der Waals surface area contributed by atoms with Crippen LogP contribution in [0.3, 0.4) is 0 Å². The highest BCUT2D eigenvalue weighted by molar-refractivity contribution is 6.46. The molecule has 5 rings (SSSR count). The number of carbonyl (C=O) groups is 2. The molecule has 0 radical (unpaired) electrons. The summed E-state index contributed by atoms with van der Waals surface area (Å²) < 4.78 is 29.8. The molecular formula is C30H28FNO6. The van der Waals surface area contributed by atoms with Crippen molar-refractivity contribution >= 4 is 17.4 Å². The second-order valence-corrected chi connectivity index (χ2v) is 9.24. The van der Waals surface area contributed by atoms with Gasteiger partial charge in [0.1, 0.15) is 29.7 Å². The topological polar surface area (TPSA) is 85.3 Å². The Balaban J connectivity index is 1.46. The molecule has 0 saturated carbocycles. The molecule has 8 heteroatoms. The van der Waals surface area contributed by atoms with Crippen LogP contribution in [0.15, 0.2) is 72.3 Å². The number of aliphatic hydroxyl groups excluding tert-OH is 1. The first-order valence-corrected chi connectivity index (χ1v) is 12.5. The van der Waals surface area contributed by atoms with Crippen molar-refractivity contribution in [3.05, 3.63) is 100 Å². The average Bonchev–Trinajstić information content (AvgIpc) is 3.20. The normalized spacial score (nSPS) is 18.3. The Labute approximate surface area is 220 Å². The molecule has 1 saturated heterocycles. The van der Waals surface area contributed by atoms with Crippen molar-refractivity contribution in [1.82, 2.24) is 4.90 Å². The molecule has 1 atom stereocenters. The molecule has 1 N–H and O–H groups in total. The molecule has 0 aromatic heterocycles. The largest absolute Gasteiger partial charge is 0.507 e. The molecule has 0 aliphatic carbocycles. The Bertz CT molecular complexity index is 1370. The number of likely N-dealkylation sites (tertiary alicyclic amines) is 1. The summed E-state index contributed by atoms with van der Waals surface area (Å²) in [6.07, 6.45) is 1.68. The number of aryl methyl sites for hydroxylation is 1. The molecular weight excluding hydrogens is 489 g/mol. The van der Waals surface area contributed by atoms with Crippen LogP contribution in [0.25, 0.3) is 5.76 Å². The molecule has 2 aliphatic heterocycles. The van der Waals surface area contributed by atoms with E-state index in [2.05, 4.69) is 0 Å². The average molecular weight is 518 g/mol. The highest BCUT2D eigenvalue weighted by Gasteiger charge is 2.46. The first-order chi connectivity index (χ1) is 18.5. The number of aliphatic hydroxyl groups is 1. The SMILES string of the molecule is COCCN1C(=O)C(=O)/C(=C(\O)c2ccc3c(c2)CCCO3)C1c1ccc(OCc2ccc(F)cc2)cc1. The number of hydrogen-bond acceptors (Lipinski definition) is 6. The predicted molar refractivity (Wildman–Crippen MR) is 138 cm³/mol. The highest BCUT2D eigenvalue weighted by atomic mass is 19.1. The lowest BCUT2D eigenvalue weighted by Crippen LogP contribution is -2.32. The fourth-order valence-electron chi connectivity index (χ4n) is 4.80. The summed E-state index contributed by atoms with van der Waals surface area (Å²) in [6.45, 7) is 1.32. The molecule has 196 valence electrons. The number of hydrogen-bond donors (Lipinski definition) is 1. The molecule has 2 heterocycles. The van der Waals surface area contributed by atoms with Gasteiger partial charge in [-0.1, -0.05) is 24.3 Å². The van der Waals surface area contributed by atoms with Gasteiger partial charge in [0.2, 0.25) is 0 Å². The zero-order chi connectivity index (χ0) is 26.6. The van der Waals surface area contributed by atoms with Crippen molar-refractivity contribution in [2.75, 3.05) is 26.9 Å². The van der Waals surface area contributed by atoms with Crippen molar-refractivity contribution < 1.29 is 33.3 Å². The van der Waals surface area contributed by atoms with E-state index in [1.807, 2.05) is 6.07 Å². The van der Waals surface area contributed by atoms with E-state index in [1.165, 1.54) is 24.1 Å². The minimum Gasteiger partial charge on any atom is -0.507 e. The van der Waals surface area contributed by atoms with Gasteiger partial charge < -0.3 is 24.2 Å². The van der Waals surface area contributed by atoms with Crippen molar-refractivity contribution in [3.8, 4) is 11.5 Å². The zero-order valence-corrected chi connectivity index (χ0v) is 21.0. The number of carbonyl (C=O) groups excluding carboxylic acids is 2. The molecule has 1 unspecified atom stereocenters. The molecule has 7 nitrogen and oxygen atoms in total. The van der Waals surface area contributed by atoms with E-state index >= 15 is 0 Å². The van der Waals surface area contributed by atoms with Gasteiger partial charge in [-0.3, -0.25) is 9.59 Å². The quantitative estimate of drug-likeness (QED) is 0.263. The van der Waals surface area contributed by atoms with Crippen molar-refractivity contribution in [3.63, 3.8) is 0 Å². The summed E-state index contributed by atoms with van der Waals surface area (Å²) in [4.78, 5) is 27.6. The van der Waals surface area contributed by atoms with Gasteiger partial charge in [0.25, 0.3) is 11.7 Å². The van der Waals surface area contributed by atoms with Gasteiger partial charge in [-0.15, -0.1) is 0 Å². The lowest BCUT2D eigenvalue weighted by atomic mass is 9.94. The van der Waals surface area contributed by atoms with Gasteiger partial charge in [0.05, 0.1) is 24.8 Å². The Morgan fingerprint density at radius 1 is 1.08 bits per heavy atom. The Kier molecular flexibility index (Phi) is 7.42. The molecule has 2 aliphatic rings. The van der Waals surface area contributed by atoms with Gasteiger partial charge in [0.15, 0.2) is 0 Å². The van der Waals surface area contributed by atoms with Crippen LogP contribution in [-0.4, -0.2) is 48.6 Å². The number of ketones is 1. The maximum absolute atomic E-state index is 13.2. The van der Waals surface area contributed by atoms with Gasteiger partial charge in [0, 0.05) is 19.2 Å². The molecule has 1 amide bonds. The summed E-state index contributed by atoms with van der Waals surface area (Å²) in [6, 6.07) is 17.6. The van der Waals surface area contributed by atoms with Crippen molar-refractivity contribution in [1.29, 1.82) is 0 Å². The van der Waals surface area contributed by atoms with E-state index in [0.717, 1.165) is 29.7 Å². The standard InChI is InChI=1S/C30H28FNO6/c1-36-16-14-32-27(20-6-11-24(12-7-20)38-18-19-4-9-23(31)10-5-19)26(29(34)30(32)35)28(33)22-8-13-25-21(17-22)3-2-15-37-25/h4-13,17,27,33H,2-3,14-16,18H2,1H3/b28-26-. The number of methoxy groups -OCH3 is 1. The van der Waals surface area contributed by atoms with E-state index in [0.29, 0.717) is 23.5 Å². The second-order valence-electron chi connectivity index (χ2n) is 9.24. The first-order valence-electron chi connectivity index (χ1n) is 12.5. The molecule has 38 heavy (non-hydrogen) atoms. The monoisotopic (exact) mass is 517 g/mol. The Morgan fingerprint density at radius 3 is 2.58 bits per heavy atom. The van der Waals surface area contributed by atoms with Crippen LogP contribution in [0.2, 0.25) is 0 Å². The highest BCUT2D eigenvalue weighted by Crippen LogP contribution is 2.40. The Hall–Kier alpha value is -4.17. The summed E-state index contributed by atoms with van der Waals surface area (Å²) in [7, 11) is 1.52. The fourth-order valence-corrected chi connectivity index (χ4v) is 4.80. The molecule has 3 aromatic carbocycles. The smallest absolute Gasteiger partial charge is 0.295 e. The van der Waals surface area contributed by atoms with E-state index in [1.54, 1.807) is 48.5 Å². The molecule has 3 aromatic rings. The lowest BCUT2D eigenvalue weighted by molar-refractivity contribution is -0.140. The number of fused-ring (bicyclic) bond motifs is 1. The number of halogens is 1. The zero-order valence-electron chi connectivity index (χ0n) is 21.0. The molecule has 0 bridgehead atoms. The number of nitrogens with zero attached hydrogens (tertiary/aromatic N) is 1. The minimum absolute atomic E-state index is 0.0303. The maximum Gasteiger partial charge on any atom is 0.295 e. The lowest BCUT2D eigenvalue weighted by Gasteiger charge is -2.25. The third-order valence-electron chi connectivity index (χ3n) is 6.77. The maximum atomic E-state index is 13.2. The minimum atomic E-state index is -0.788. The number of ether oxygens (including phenoxy) is 3.